The Kier molecular flexibility index (Phi) is 7.06. The number of nitrogens with one attached hydrogen (secondary N) is 1. The van der Waals surface area contributed by atoms with Crippen LogP contribution in [0.15, 0.2) is 24.3 Å². The van der Waals surface area contributed by atoms with Gasteiger partial charge in [0, 0.05) is 32.2 Å². The van der Waals surface area contributed by atoms with E-state index in [9.17, 15) is 18.4 Å². The first-order valence-corrected chi connectivity index (χ1v) is 9.88. The number of carbonyl (C=O) groups excluding carboxylic acids is 2. The molecule has 28 heavy (non-hydrogen) atoms. The minimum Gasteiger partial charge on any atom is -0.435 e. The molecule has 2 fully saturated rings. The number of hydrogen-bond donors (Lipinski definition) is 1. The zero-order valence-corrected chi connectivity index (χ0v) is 15.9. The third-order valence-corrected chi connectivity index (χ3v) is 5.36. The molecule has 6 nitrogen and oxygen atoms in total. The fraction of sp³-hybridized carbons (Fsp3) is 0.600. The second kappa shape index (κ2) is 9.71. The van der Waals surface area contributed by atoms with Crippen LogP contribution in [0.5, 0.6) is 5.75 Å². The molecule has 1 N–H and O–H groups in total. The number of benzene rings is 1. The minimum atomic E-state index is -2.86. The summed E-state index contributed by atoms with van der Waals surface area (Å²) in [6.45, 7) is -0.816. The molecule has 1 heterocycles. The van der Waals surface area contributed by atoms with E-state index in [0.29, 0.717) is 26.2 Å². The zero-order valence-electron chi connectivity index (χ0n) is 15.9. The number of halogens is 2. The topological polar surface area (TPSA) is 61.9 Å². The van der Waals surface area contributed by atoms with Crippen molar-refractivity contribution < 1.29 is 23.1 Å². The molecule has 0 radical (unpaired) electrons. The molecule has 0 bridgehead atoms. The zero-order chi connectivity index (χ0) is 19.9. The van der Waals surface area contributed by atoms with E-state index in [1.54, 1.807) is 21.9 Å². The fourth-order valence-electron chi connectivity index (χ4n) is 3.75. The summed E-state index contributed by atoms with van der Waals surface area (Å²) in [5, 5.41) is 3.11. The predicted octanol–water partition coefficient (Wildman–Crippen LogP) is 3.02. The first kappa shape index (κ1) is 20.4. The molecule has 1 saturated heterocycles. The van der Waals surface area contributed by atoms with E-state index in [0.717, 1.165) is 18.4 Å². The van der Waals surface area contributed by atoms with Gasteiger partial charge >= 0.3 is 12.6 Å². The van der Waals surface area contributed by atoms with Crippen molar-refractivity contribution in [2.75, 3.05) is 26.2 Å². The highest BCUT2D eigenvalue weighted by Crippen LogP contribution is 2.18. The average Bonchev–Trinajstić information content (AvgIpc) is 2.70. The SMILES string of the molecule is O=C(Cc1ccc(OC(F)F)cc1)N1CCN(C(=O)NC2CCCCC2)CC1. The summed E-state index contributed by atoms with van der Waals surface area (Å²) in [7, 11) is 0. The van der Waals surface area contributed by atoms with E-state index in [1.165, 1.54) is 31.4 Å². The molecule has 1 saturated carbocycles. The van der Waals surface area contributed by atoms with E-state index in [1.807, 2.05) is 0 Å². The summed E-state index contributed by atoms with van der Waals surface area (Å²) in [5.74, 6) is 0.0404. The van der Waals surface area contributed by atoms with Gasteiger partial charge in [-0.1, -0.05) is 31.4 Å². The lowest BCUT2D eigenvalue weighted by Gasteiger charge is -2.36. The standard InChI is InChI=1S/C20H27F2N3O3/c21-19(22)28-17-8-6-15(7-9-17)14-18(26)24-10-12-25(13-11-24)20(27)23-16-4-2-1-3-5-16/h6-9,16,19H,1-5,10-14H2,(H,23,27). The number of rotatable bonds is 5. The molecule has 0 aromatic heterocycles. The molecule has 0 atom stereocenters. The molecule has 0 unspecified atom stereocenters. The van der Waals surface area contributed by atoms with Crippen LogP contribution in [0.4, 0.5) is 13.6 Å². The summed E-state index contributed by atoms with van der Waals surface area (Å²) < 4.78 is 28.7. The molecule has 154 valence electrons. The van der Waals surface area contributed by atoms with Gasteiger partial charge in [-0.15, -0.1) is 0 Å². The molecular weight excluding hydrogens is 368 g/mol. The van der Waals surface area contributed by atoms with Crippen LogP contribution in [-0.2, 0) is 11.2 Å². The molecule has 2 aliphatic rings. The van der Waals surface area contributed by atoms with E-state index in [4.69, 9.17) is 0 Å². The van der Waals surface area contributed by atoms with Gasteiger partial charge < -0.3 is 19.9 Å². The van der Waals surface area contributed by atoms with Crippen LogP contribution in [0, 0.1) is 0 Å². The Morgan fingerprint density at radius 2 is 1.61 bits per heavy atom. The summed E-state index contributed by atoms with van der Waals surface area (Å²) in [6.07, 6.45) is 5.87. The highest BCUT2D eigenvalue weighted by atomic mass is 19.3. The highest BCUT2D eigenvalue weighted by Gasteiger charge is 2.26. The third-order valence-electron chi connectivity index (χ3n) is 5.36. The first-order chi connectivity index (χ1) is 13.5. The van der Waals surface area contributed by atoms with Crippen molar-refractivity contribution in [2.45, 2.75) is 51.2 Å². The van der Waals surface area contributed by atoms with Crippen LogP contribution in [-0.4, -0.2) is 60.6 Å². The quantitative estimate of drug-likeness (QED) is 0.834. The molecule has 1 aromatic carbocycles. The third kappa shape index (κ3) is 5.81. The van der Waals surface area contributed by atoms with Crippen LogP contribution < -0.4 is 10.1 Å². The van der Waals surface area contributed by atoms with Gasteiger partial charge in [-0.05, 0) is 30.5 Å². The Labute approximate surface area is 163 Å². The number of carbonyl (C=O) groups is 2. The normalized spacial score (nSPS) is 18.2. The second-order valence-electron chi connectivity index (χ2n) is 7.35. The summed E-state index contributed by atoms with van der Waals surface area (Å²) in [6, 6.07) is 6.34. The van der Waals surface area contributed by atoms with Crippen molar-refractivity contribution in [3.8, 4) is 5.75 Å². The maximum absolute atomic E-state index is 12.5. The monoisotopic (exact) mass is 395 g/mol. The lowest BCUT2D eigenvalue weighted by Crippen LogP contribution is -2.54. The molecule has 3 amide bonds. The van der Waals surface area contributed by atoms with Crippen molar-refractivity contribution in [1.29, 1.82) is 0 Å². The Balaban J connectivity index is 1.42. The number of amides is 3. The van der Waals surface area contributed by atoms with Gasteiger partial charge in [-0.2, -0.15) is 8.78 Å². The van der Waals surface area contributed by atoms with Gasteiger partial charge in [0.05, 0.1) is 6.42 Å². The molecule has 1 aliphatic carbocycles. The van der Waals surface area contributed by atoms with Gasteiger partial charge in [-0.25, -0.2) is 4.79 Å². The summed E-state index contributed by atoms with van der Waals surface area (Å²) in [5.41, 5.74) is 0.740. The lowest BCUT2D eigenvalue weighted by atomic mass is 9.96. The van der Waals surface area contributed by atoms with Crippen molar-refractivity contribution in [1.82, 2.24) is 15.1 Å². The van der Waals surface area contributed by atoms with Gasteiger partial charge in [0.15, 0.2) is 0 Å². The Morgan fingerprint density at radius 1 is 1.00 bits per heavy atom. The predicted molar refractivity (Wildman–Crippen MR) is 100 cm³/mol. The van der Waals surface area contributed by atoms with Crippen molar-refractivity contribution in [3.05, 3.63) is 29.8 Å². The number of ether oxygens (including phenoxy) is 1. The number of piperazine rings is 1. The van der Waals surface area contributed by atoms with Gasteiger partial charge in [0.2, 0.25) is 5.91 Å². The lowest BCUT2D eigenvalue weighted by molar-refractivity contribution is -0.131. The summed E-state index contributed by atoms with van der Waals surface area (Å²) >= 11 is 0. The van der Waals surface area contributed by atoms with Crippen molar-refractivity contribution in [3.63, 3.8) is 0 Å². The molecular formula is C20H27F2N3O3. The fourth-order valence-corrected chi connectivity index (χ4v) is 3.75. The number of urea groups is 1. The average molecular weight is 395 g/mol. The van der Waals surface area contributed by atoms with Crippen molar-refractivity contribution in [2.24, 2.45) is 0 Å². The molecule has 8 heteroatoms. The van der Waals surface area contributed by atoms with Gasteiger partial charge in [-0.3, -0.25) is 4.79 Å². The maximum Gasteiger partial charge on any atom is 0.387 e. The largest absolute Gasteiger partial charge is 0.435 e. The molecule has 0 spiro atoms. The van der Waals surface area contributed by atoms with Crippen LogP contribution >= 0.6 is 0 Å². The highest BCUT2D eigenvalue weighted by molar-refractivity contribution is 5.79. The van der Waals surface area contributed by atoms with Gasteiger partial charge in [0.1, 0.15) is 5.75 Å². The molecule has 1 aromatic rings. The Hall–Kier alpha value is -2.38. The first-order valence-electron chi connectivity index (χ1n) is 9.88. The van der Waals surface area contributed by atoms with E-state index in [2.05, 4.69) is 10.1 Å². The maximum atomic E-state index is 12.5. The van der Waals surface area contributed by atoms with Crippen LogP contribution in [0.3, 0.4) is 0 Å². The van der Waals surface area contributed by atoms with E-state index >= 15 is 0 Å². The van der Waals surface area contributed by atoms with Gasteiger partial charge in [0.25, 0.3) is 0 Å². The van der Waals surface area contributed by atoms with E-state index in [-0.39, 0.29) is 30.2 Å². The van der Waals surface area contributed by atoms with Crippen LogP contribution in [0.1, 0.15) is 37.7 Å². The number of nitrogens with zero attached hydrogens (tertiary/aromatic N) is 2. The summed E-state index contributed by atoms with van der Waals surface area (Å²) in [4.78, 5) is 28.4. The smallest absolute Gasteiger partial charge is 0.387 e. The minimum absolute atomic E-state index is 0.0325. The van der Waals surface area contributed by atoms with E-state index < -0.39 is 6.61 Å². The molecule has 1 aliphatic heterocycles. The number of hydrogen-bond acceptors (Lipinski definition) is 3. The van der Waals surface area contributed by atoms with Crippen molar-refractivity contribution >= 4 is 11.9 Å². The molecule has 3 rings (SSSR count). The second-order valence-corrected chi connectivity index (χ2v) is 7.35. The number of alkyl halides is 2. The Morgan fingerprint density at radius 3 is 2.21 bits per heavy atom. The van der Waals surface area contributed by atoms with Crippen LogP contribution in [0.2, 0.25) is 0 Å². The Bertz CT molecular complexity index is 655. The van der Waals surface area contributed by atoms with Crippen LogP contribution in [0.25, 0.3) is 0 Å².